The topological polar surface area (TPSA) is 114 Å². The summed E-state index contributed by atoms with van der Waals surface area (Å²) in [7, 11) is -3.75. The summed E-state index contributed by atoms with van der Waals surface area (Å²) in [6, 6.07) is 13.3. The molecule has 0 bridgehead atoms. The van der Waals surface area contributed by atoms with E-state index in [2.05, 4.69) is 15.0 Å². The van der Waals surface area contributed by atoms with Gasteiger partial charge in [0.2, 0.25) is 5.90 Å². The molecule has 1 aliphatic heterocycles. The number of carbonyl (C=O) groups is 2. The van der Waals surface area contributed by atoms with E-state index in [1.54, 1.807) is 30.3 Å². The van der Waals surface area contributed by atoms with Gasteiger partial charge in [0.1, 0.15) is 11.5 Å². The average Bonchev–Trinajstić information content (AvgIpc) is 2.91. The van der Waals surface area contributed by atoms with E-state index in [1.165, 1.54) is 6.07 Å². The number of ether oxygens (including phenoxy) is 1. The second-order valence-electron chi connectivity index (χ2n) is 5.79. The number of amides is 2. The van der Waals surface area contributed by atoms with Crippen LogP contribution in [0.25, 0.3) is 0 Å². The molecule has 0 spiro atoms. The predicted octanol–water partition coefficient (Wildman–Crippen LogP) is 1.22. The van der Waals surface area contributed by atoms with Crippen molar-refractivity contribution in [3.8, 4) is 0 Å². The molecule has 0 radical (unpaired) electrons. The highest BCUT2D eigenvalue weighted by molar-refractivity contribution is 7.90. The monoisotopic (exact) mass is 387 g/mol. The molecule has 9 heteroatoms. The van der Waals surface area contributed by atoms with Crippen molar-refractivity contribution >= 4 is 33.4 Å². The number of rotatable bonds is 4. The summed E-state index contributed by atoms with van der Waals surface area (Å²) in [6.07, 6.45) is 0. The number of hydrogen-bond acceptors (Lipinski definition) is 5. The number of nitrogens with zero attached hydrogens (tertiary/aromatic N) is 1. The first-order chi connectivity index (χ1) is 12.9. The lowest BCUT2D eigenvalue weighted by atomic mass is 10.2. The molecule has 0 saturated heterocycles. The molecule has 2 amide bonds. The van der Waals surface area contributed by atoms with Crippen molar-refractivity contribution in [2.45, 2.75) is 11.8 Å². The summed E-state index contributed by atoms with van der Waals surface area (Å²) in [4.78, 5) is 23.7. The van der Waals surface area contributed by atoms with Crippen LogP contribution >= 0.6 is 0 Å². The Morgan fingerprint density at radius 2 is 1.74 bits per heavy atom. The van der Waals surface area contributed by atoms with Gasteiger partial charge in [-0.25, -0.2) is 0 Å². The number of aryl methyl sites for hydroxylation is 1. The Bertz CT molecular complexity index is 1010. The Labute approximate surface area is 156 Å². The molecule has 3 rings (SSSR count). The third-order valence-corrected chi connectivity index (χ3v) is 5.06. The van der Waals surface area contributed by atoms with Crippen molar-refractivity contribution < 1.29 is 22.7 Å². The Kier molecular flexibility index (Phi) is 5.22. The fourth-order valence-corrected chi connectivity index (χ4v) is 3.55. The molecule has 2 aromatic carbocycles. The Morgan fingerprint density at radius 1 is 1.04 bits per heavy atom. The first-order valence-electron chi connectivity index (χ1n) is 8.10. The molecular formula is C18H17N3O5S. The maximum absolute atomic E-state index is 11.9. The molecule has 0 atom stereocenters. The van der Waals surface area contributed by atoms with Gasteiger partial charge in [-0.15, -0.1) is 4.40 Å². The van der Waals surface area contributed by atoms with Crippen molar-refractivity contribution in [1.29, 1.82) is 0 Å². The van der Waals surface area contributed by atoms with Crippen LogP contribution in [0.4, 0.5) is 5.69 Å². The third-order valence-electron chi connectivity index (χ3n) is 3.74. The fourth-order valence-electron chi connectivity index (χ4n) is 2.40. The molecule has 27 heavy (non-hydrogen) atoms. The lowest BCUT2D eigenvalue weighted by molar-refractivity contribution is -0.136. The average molecular weight is 387 g/mol. The van der Waals surface area contributed by atoms with Gasteiger partial charge in [-0.3, -0.25) is 9.59 Å². The van der Waals surface area contributed by atoms with E-state index in [4.69, 9.17) is 4.74 Å². The van der Waals surface area contributed by atoms with E-state index in [9.17, 15) is 18.0 Å². The van der Waals surface area contributed by atoms with E-state index in [0.717, 1.165) is 5.56 Å². The fraction of sp³-hybridized carbons (Fsp3) is 0.167. The first kappa shape index (κ1) is 18.6. The molecule has 8 nitrogen and oxygen atoms in total. The summed E-state index contributed by atoms with van der Waals surface area (Å²) in [6.45, 7) is 1.89. The van der Waals surface area contributed by atoms with Crippen LogP contribution in [0.2, 0.25) is 0 Å². The molecule has 0 saturated carbocycles. The van der Waals surface area contributed by atoms with Gasteiger partial charge < -0.3 is 15.4 Å². The molecule has 0 aromatic heterocycles. The zero-order chi connectivity index (χ0) is 19.4. The highest BCUT2D eigenvalue weighted by Crippen LogP contribution is 2.26. The van der Waals surface area contributed by atoms with E-state index < -0.39 is 21.8 Å². The van der Waals surface area contributed by atoms with Crippen LogP contribution in [0.15, 0.2) is 57.8 Å². The number of hydrogen-bond donors (Lipinski definition) is 2. The van der Waals surface area contributed by atoms with Gasteiger partial charge in [-0.05, 0) is 31.2 Å². The van der Waals surface area contributed by atoms with Crippen LogP contribution < -0.4 is 10.6 Å². The van der Waals surface area contributed by atoms with Crippen molar-refractivity contribution in [1.82, 2.24) is 5.32 Å². The molecule has 0 fully saturated rings. The molecule has 140 valence electrons. The summed E-state index contributed by atoms with van der Waals surface area (Å²) in [5.41, 5.74) is 1.92. The van der Waals surface area contributed by atoms with Gasteiger partial charge in [0, 0.05) is 5.69 Å². The van der Waals surface area contributed by atoms with Gasteiger partial charge in [0.05, 0.1) is 12.1 Å². The third kappa shape index (κ3) is 4.32. The van der Waals surface area contributed by atoms with Crippen molar-refractivity contribution in [2.75, 3.05) is 18.5 Å². The highest BCUT2D eigenvalue weighted by atomic mass is 32.2. The van der Waals surface area contributed by atoms with E-state index in [0.29, 0.717) is 11.3 Å². The summed E-state index contributed by atoms with van der Waals surface area (Å²) >= 11 is 0. The number of carbonyl (C=O) groups excluding carboxylic acids is 2. The molecular weight excluding hydrogens is 370 g/mol. The van der Waals surface area contributed by atoms with Crippen LogP contribution in [0.1, 0.15) is 11.1 Å². The molecule has 0 aliphatic carbocycles. The minimum Gasteiger partial charge on any atom is -0.475 e. The van der Waals surface area contributed by atoms with Gasteiger partial charge in [0.15, 0.2) is 0 Å². The molecule has 1 heterocycles. The SMILES string of the molecule is Cc1ccc(NC(=O)C(=O)NCCOC2=NS(=O)(=O)c3ccccc32)cc1. The van der Waals surface area contributed by atoms with Crippen molar-refractivity contribution in [3.05, 3.63) is 59.7 Å². The molecule has 2 N–H and O–H groups in total. The standard InChI is InChI=1S/C18H17N3O5S/c1-12-6-8-13(9-7-12)20-17(23)16(22)19-10-11-26-18-14-4-2-3-5-15(14)27(24,25)21-18/h2-9H,10-11H2,1H3,(H,19,22)(H,20,23). The lowest BCUT2D eigenvalue weighted by Crippen LogP contribution is -2.37. The minimum atomic E-state index is -3.75. The Hall–Kier alpha value is -3.20. The molecule has 1 aliphatic rings. The lowest BCUT2D eigenvalue weighted by Gasteiger charge is -2.08. The van der Waals surface area contributed by atoms with E-state index >= 15 is 0 Å². The number of fused-ring (bicyclic) bond motifs is 1. The van der Waals surface area contributed by atoms with E-state index in [1.807, 2.05) is 19.1 Å². The molecule has 0 unspecified atom stereocenters. The van der Waals surface area contributed by atoms with Crippen LogP contribution in [-0.2, 0) is 24.3 Å². The summed E-state index contributed by atoms with van der Waals surface area (Å²) < 4.78 is 32.7. The Balaban J connectivity index is 1.48. The predicted molar refractivity (Wildman–Crippen MR) is 98.9 cm³/mol. The second-order valence-corrected chi connectivity index (χ2v) is 7.36. The van der Waals surface area contributed by atoms with Crippen LogP contribution in [0, 0.1) is 6.92 Å². The van der Waals surface area contributed by atoms with Crippen molar-refractivity contribution in [2.24, 2.45) is 4.40 Å². The van der Waals surface area contributed by atoms with Gasteiger partial charge in [0.25, 0.3) is 10.0 Å². The number of benzene rings is 2. The number of anilines is 1. The zero-order valence-electron chi connectivity index (χ0n) is 14.4. The summed E-state index contributed by atoms with van der Waals surface area (Å²) in [5, 5.41) is 4.88. The highest BCUT2D eigenvalue weighted by Gasteiger charge is 2.29. The van der Waals surface area contributed by atoms with Crippen molar-refractivity contribution in [3.63, 3.8) is 0 Å². The quantitative estimate of drug-likeness (QED) is 0.605. The Morgan fingerprint density at radius 3 is 2.48 bits per heavy atom. The van der Waals surface area contributed by atoms with Crippen LogP contribution in [0.3, 0.4) is 0 Å². The van der Waals surface area contributed by atoms with Gasteiger partial charge in [-0.2, -0.15) is 8.42 Å². The number of sulfonamides is 1. The first-order valence-corrected chi connectivity index (χ1v) is 9.54. The minimum absolute atomic E-state index is 0.0153. The molecule has 2 aromatic rings. The largest absolute Gasteiger partial charge is 0.475 e. The number of nitrogens with one attached hydrogen (secondary N) is 2. The van der Waals surface area contributed by atoms with Gasteiger partial charge >= 0.3 is 11.8 Å². The maximum Gasteiger partial charge on any atom is 0.313 e. The van der Waals surface area contributed by atoms with Gasteiger partial charge in [-0.1, -0.05) is 29.8 Å². The van der Waals surface area contributed by atoms with E-state index in [-0.39, 0.29) is 23.9 Å². The van der Waals surface area contributed by atoms with Crippen LogP contribution in [-0.4, -0.2) is 39.3 Å². The zero-order valence-corrected chi connectivity index (χ0v) is 15.2. The maximum atomic E-state index is 11.9. The van der Waals surface area contributed by atoms with Crippen LogP contribution in [0.5, 0.6) is 0 Å². The summed E-state index contributed by atoms with van der Waals surface area (Å²) in [5.74, 6) is -1.64. The second kappa shape index (κ2) is 7.58. The smallest absolute Gasteiger partial charge is 0.313 e. The normalized spacial score (nSPS) is 14.0.